The minimum absolute atomic E-state index is 0.0550. The summed E-state index contributed by atoms with van der Waals surface area (Å²) in [7, 11) is -3.49. The number of sulfonamides is 1. The molecular formula is C20H26N2O3S. The molecule has 0 bridgehead atoms. The fraction of sp³-hybridized carbons (Fsp3) is 0.350. The number of benzene rings is 2. The van der Waals surface area contributed by atoms with E-state index in [9.17, 15) is 13.2 Å². The normalized spacial score (nSPS) is 11.6. The van der Waals surface area contributed by atoms with Crippen LogP contribution in [-0.2, 0) is 21.2 Å². The lowest BCUT2D eigenvalue weighted by molar-refractivity contribution is -0.116. The summed E-state index contributed by atoms with van der Waals surface area (Å²) < 4.78 is 26.8. The Morgan fingerprint density at radius 3 is 2.12 bits per heavy atom. The lowest BCUT2D eigenvalue weighted by atomic mass is 10.1. The number of aryl methyl sites for hydroxylation is 3. The first kappa shape index (κ1) is 20.1. The van der Waals surface area contributed by atoms with Gasteiger partial charge in [-0.05, 0) is 62.9 Å². The average Bonchev–Trinajstić information content (AvgIpc) is 2.56. The second-order valence-corrected chi connectivity index (χ2v) is 8.45. The summed E-state index contributed by atoms with van der Waals surface area (Å²) >= 11 is 0. The summed E-state index contributed by atoms with van der Waals surface area (Å²) in [6.07, 6.45) is 0.888. The summed E-state index contributed by atoms with van der Waals surface area (Å²) in [5, 5.41) is 2.96. The van der Waals surface area contributed by atoms with Crippen LogP contribution in [0.1, 0.15) is 37.0 Å². The van der Waals surface area contributed by atoms with Crippen molar-refractivity contribution in [1.82, 2.24) is 4.72 Å². The van der Waals surface area contributed by atoms with Crippen LogP contribution in [0.5, 0.6) is 0 Å². The van der Waals surface area contributed by atoms with Crippen molar-refractivity contribution in [3.8, 4) is 0 Å². The summed E-state index contributed by atoms with van der Waals surface area (Å²) in [4.78, 5) is 12.5. The molecule has 0 fully saturated rings. The van der Waals surface area contributed by atoms with E-state index in [-0.39, 0.29) is 16.8 Å². The van der Waals surface area contributed by atoms with Crippen LogP contribution in [0.3, 0.4) is 0 Å². The molecule has 140 valence electrons. The number of rotatable bonds is 7. The topological polar surface area (TPSA) is 75.3 Å². The Labute approximate surface area is 155 Å². The van der Waals surface area contributed by atoms with Crippen molar-refractivity contribution in [3.63, 3.8) is 0 Å². The van der Waals surface area contributed by atoms with Crippen molar-refractivity contribution < 1.29 is 13.2 Å². The van der Waals surface area contributed by atoms with Crippen molar-refractivity contribution in [1.29, 1.82) is 0 Å². The van der Waals surface area contributed by atoms with Gasteiger partial charge in [0, 0.05) is 18.2 Å². The molecule has 0 heterocycles. The second-order valence-electron chi connectivity index (χ2n) is 6.73. The van der Waals surface area contributed by atoms with Gasteiger partial charge in [-0.25, -0.2) is 13.1 Å². The summed E-state index contributed by atoms with van der Waals surface area (Å²) in [6, 6.07) is 12.4. The van der Waals surface area contributed by atoms with Crippen molar-refractivity contribution in [2.24, 2.45) is 0 Å². The molecule has 2 N–H and O–H groups in total. The zero-order valence-electron chi connectivity index (χ0n) is 15.7. The Balaban J connectivity index is 1.97. The highest BCUT2D eigenvalue weighted by Crippen LogP contribution is 2.20. The smallest absolute Gasteiger partial charge is 0.240 e. The molecular weight excluding hydrogens is 348 g/mol. The van der Waals surface area contributed by atoms with Crippen molar-refractivity contribution in [2.45, 2.75) is 51.5 Å². The summed E-state index contributed by atoms with van der Waals surface area (Å²) in [5.41, 5.74) is 3.85. The molecule has 5 nitrogen and oxygen atoms in total. The number of carbonyl (C=O) groups excluding carboxylic acids is 1. The minimum atomic E-state index is -3.49. The fourth-order valence-corrected chi connectivity index (χ4v) is 3.94. The Hall–Kier alpha value is -2.18. The van der Waals surface area contributed by atoms with Gasteiger partial charge < -0.3 is 5.32 Å². The van der Waals surface area contributed by atoms with Gasteiger partial charge in [-0.1, -0.05) is 30.3 Å². The standard InChI is InChI=1S/C20H26N2O3S/c1-14(2)22-26(24,25)18-11-8-17(9-12-18)10-13-19(23)21-20-15(3)6-5-7-16(20)4/h5-9,11-12,14,22H,10,13H2,1-4H3,(H,21,23). The van der Waals surface area contributed by atoms with E-state index in [1.165, 1.54) is 0 Å². The maximum atomic E-state index is 12.2. The zero-order valence-corrected chi connectivity index (χ0v) is 16.5. The number of nitrogens with one attached hydrogen (secondary N) is 2. The molecule has 2 aromatic carbocycles. The van der Waals surface area contributed by atoms with Gasteiger partial charge in [0.15, 0.2) is 0 Å². The van der Waals surface area contributed by atoms with E-state index in [0.717, 1.165) is 22.4 Å². The van der Waals surface area contributed by atoms with Crippen LogP contribution < -0.4 is 10.0 Å². The number of para-hydroxylation sites is 1. The molecule has 1 amide bonds. The Morgan fingerprint density at radius 2 is 1.58 bits per heavy atom. The minimum Gasteiger partial charge on any atom is -0.326 e. The molecule has 0 aromatic heterocycles. The van der Waals surface area contributed by atoms with Crippen molar-refractivity contribution >= 4 is 21.6 Å². The van der Waals surface area contributed by atoms with E-state index in [1.54, 1.807) is 38.1 Å². The molecule has 6 heteroatoms. The van der Waals surface area contributed by atoms with Gasteiger partial charge in [0.1, 0.15) is 0 Å². The highest BCUT2D eigenvalue weighted by atomic mass is 32.2. The molecule has 0 radical (unpaired) electrons. The Morgan fingerprint density at radius 1 is 1.00 bits per heavy atom. The third-order valence-corrected chi connectivity index (χ3v) is 5.69. The molecule has 0 saturated carbocycles. The van der Waals surface area contributed by atoms with Crippen LogP contribution in [0.25, 0.3) is 0 Å². The number of anilines is 1. The first-order valence-corrected chi connectivity index (χ1v) is 10.1. The van der Waals surface area contributed by atoms with Crippen LogP contribution in [0.2, 0.25) is 0 Å². The molecule has 0 aliphatic rings. The van der Waals surface area contributed by atoms with E-state index < -0.39 is 10.0 Å². The molecule has 2 aromatic rings. The lowest BCUT2D eigenvalue weighted by Gasteiger charge is -2.12. The molecule has 0 unspecified atom stereocenters. The van der Waals surface area contributed by atoms with Crippen LogP contribution in [0, 0.1) is 13.8 Å². The largest absolute Gasteiger partial charge is 0.326 e. The number of carbonyl (C=O) groups is 1. The van der Waals surface area contributed by atoms with Gasteiger partial charge in [0.05, 0.1) is 4.90 Å². The third-order valence-electron chi connectivity index (χ3n) is 4.01. The van der Waals surface area contributed by atoms with E-state index in [1.807, 2.05) is 32.0 Å². The fourth-order valence-electron chi connectivity index (χ4n) is 2.69. The lowest BCUT2D eigenvalue weighted by Crippen LogP contribution is -2.30. The van der Waals surface area contributed by atoms with Crippen LogP contribution in [0.4, 0.5) is 5.69 Å². The van der Waals surface area contributed by atoms with Gasteiger partial charge in [-0.15, -0.1) is 0 Å². The molecule has 26 heavy (non-hydrogen) atoms. The van der Waals surface area contributed by atoms with Gasteiger partial charge in [0.25, 0.3) is 0 Å². The highest BCUT2D eigenvalue weighted by molar-refractivity contribution is 7.89. The van der Waals surface area contributed by atoms with Crippen LogP contribution >= 0.6 is 0 Å². The highest BCUT2D eigenvalue weighted by Gasteiger charge is 2.15. The maximum Gasteiger partial charge on any atom is 0.240 e. The molecule has 0 aliphatic carbocycles. The van der Waals surface area contributed by atoms with Crippen LogP contribution in [-0.4, -0.2) is 20.4 Å². The van der Waals surface area contributed by atoms with E-state index in [4.69, 9.17) is 0 Å². The number of amides is 1. The predicted octanol–water partition coefficient (Wildman–Crippen LogP) is 3.56. The third kappa shape index (κ3) is 5.41. The van der Waals surface area contributed by atoms with Gasteiger partial charge in [-0.3, -0.25) is 4.79 Å². The molecule has 0 saturated heterocycles. The SMILES string of the molecule is Cc1cccc(C)c1NC(=O)CCc1ccc(S(=O)(=O)NC(C)C)cc1. The van der Waals surface area contributed by atoms with E-state index in [2.05, 4.69) is 10.0 Å². The van der Waals surface area contributed by atoms with Gasteiger partial charge >= 0.3 is 0 Å². The molecule has 2 rings (SSSR count). The second kappa shape index (κ2) is 8.47. The summed E-state index contributed by atoms with van der Waals surface area (Å²) in [5.74, 6) is -0.0550. The van der Waals surface area contributed by atoms with Crippen molar-refractivity contribution in [3.05, 3.63) is 59.2 Å². The number of hydrogen-bond donors (Lipinski definition) is 2. The first-order chi connectivity index (χ1) is 12.2. The van der Waals surface area contributed by atoms with E-state index >= 15 is 0 Å². The first-order valence-electron chi connectivity index (χ1n) is 8.66. The van der Waals surface area contributed by atoms with E-state index in [0.29, 0.717) is 12.8 Å². The summed E-state index contributed by atoms with van der Waals surface area (Å²) in [6.45, 7) is 7.49. The van der Waals surface area contributed by atoms with Crippen LogP contribution in [0.15, 0.2) is 47.4 Å². The molecule has 0 spiro atoms. The maximum absolute atomic E-state index is 12.2. The predicted molar refractivity (Wildman–Crippen MR) is 105 cm³/mol. The van der Waals surface area contributed by atoms with Gasteiger partial charge in [0.2, 0.25) is 15.9 Å². The number of hydrogen-bond acceptors (Lipinski definition) is 3. The zero-order chi connectivity index (χ0) is 19.3. The quantitative estimate of drug-likeness (QED) is 0.778. The Bertz CT molecular complexity index is 852. The average molecular weight is 375 g/mol. The van der Waals surface area contributed by atoms with Gasteiger partial charge in [-0.2, -0.15) is 0 Å². The molecule has 0 aliphatic heterocycles. The monoisotopic (exact) mass is 374 g/mol. The van der Waals surface area contributed by atoms with Crippen molar-refractivity contribution in [2.75, 3.05) is 5.32 Å². The molecule has 0 atom stereocenters. The Kier molecular flexibility index (Phi) is 6.56.